The molecule has 2 aliphatic rings. The van der Waals surface area contributed by atoms with E-state index in [0.717, 1.165) is 45.6 Å². The Morgan fingerprint density at radius 3 is 2.61 bits per heavy atom. The highest BCUT2D eigenvalue weighted by atomic mass is 16.5. The zero-order valence-corrected chi connectivity index (χ0v) is 11.5. The third-order valence-electron chi connectivity index (χ3n) is 4.06. The summed E-state index contributed by atoms with van der Waals surface area (Å²) in [4.78, 5) is 14.1. The Bertz CT molecular complexity index is 259. The summed E-state index contributed by atoms with van der Waals surface area (Å²) in [5.74, 6) is 0.812. The molecule has 1 amide bonds. The van der Waals surface area contributed by atoms with Gasteiger partial charge in [0.05, 0.1) is 6.61 Å². The molecule has 4 heteroatoms. The van der Waals surface area contributed by atoms with Crippen LogP contribution in [0.3, 0.4) is 0 Å². The van der Waals surface area contributed by atoms with E-state index in [2.05, 4.69) is 5.32 Å². The number of carbonyl (C=O) groups excluding carboxylic acids is 1. The van der Waals surface area contributed by atoms with E-state index in [1.807, 2.05) is 11.8 Å². The standard InChI is InChI=1S/C14H26N2O2/c1-12(14(17)16-9-3-2-4-10-16)18-11-13-5-7-15-8-6-13/h12-13,15H,2-11H2,1H3. The molecule has 1 atom stereocenters. The summed E-state index contributed by atoms with van der Waals surface area (Å²) in [5, 5.41) is 3.35. The zero-order chi connectivity index (χ0) is 12.8. The average Bonchev–Trinajstić information content (AvgIpc) is 2.46. The van der Waals surface area contributed by atoms with Crippen LogP contribution in [0.1, 0.15) is 39.0 Å². The molecule has 2 rings (SSSR count). The van der Waals surface area contributed by atoms with Crippen LogP contribution in [0.4, 0.5) is 0 Å². The molecule has 0 radical (unpaired) electrons. The fourth-order valence-corrected chi connectivity index (χ4v) is 2.77. The Kier molecular flexibility index (Phi) is 5.45. The van der Waals surface area contributed by atoms with Crippen molar-refractivity contribution < 1.29 is 9.53 Å². The molecule has 0 aliphatic carbocycles. The molecule has 0 aromatic rings. The van der Waals surface area contributed by atoms with Crippen molar-refractivity contribution in [2.75, 3.05) is 32.8 Å². The quantitative estimate of drug-likeness (QED) is 0.824. The summed E-state index contributed by atoms with van der Waals surface area (Å²) in [6.07, 6.45) is 5.63. The lowest BCUT2D eigenvalue weighted by molar-refractivity contribution is -0.144. The Hall–Kier alpha value is -0.610. The van der Waals surface area contributed by atoms with Crippen LogP contribution in [0.2, 0.25) is 0 Å². The van der Waals surface area contributed by atoms with Gasteiger partial charge in [0.25, 0.3) is 5.91 Å². The number of hydrogen-bond donors (Lipinski definition) is 1. The van der Waals surface area contributed by atoms with Crippen LogP contribution >= 0.6 is 0 Å². The van der Waals surface area contributed by atoms with E-state index >= 15 is 0 Å². The number of amides is 1. The normalized spacial score (nSPS) is 23.9. The number of nitrogens with one attached hydrogen (secondary N) is 1. The molecule has 0 aromatic carbocycles. The first-order chi connectivity index (χ1) is 8.77. The zero-order valence-electron chi connectivity index (χ0n) is 11.5. The summed E-state index contributed by atoms with van der Waals surface area (Å²) in [6.45, 7) is 6.64. The lowest BCUT2D eigenvalue weighted by Crippen LogP contribution is -2.42. The molecule has 2 heterocycles. The summed E-state index contributed by atoms with van der Waals surface area (Å²) in [6, 6.07) is 0. The SMILES string of the molecule is CC(OCC1CCNCC1)C(=O)N1CCCCC1. The molecule has 0 saturated carbocycles. The number of hydrogen-bond acceptors (Lipinski definition) is 3. The fraction of sp³-hybridized carbons (Fsp3) is 0.929. The minimum Gasteiger partial charge on any atom is -0.368 e. The second-order valence-electron chi connectivity index (χ2n) is 5.55. The van der Waals surface area contributed by atoms with E-state index in [1.54, 1.807) is 0 Å². The third-order valence-corrected chi connectivity index (χ3v) is 4.06. The lowest BCUT2D eigenvalue weighted by atomic mass is 9.99. The summed E-state index contributed by atoms with van der Waals surface area (Å²) >= 11 is 0. The van der Waals surface area contributed by atoms with Crippen molar-refractivity contribution in [1.82, 2.24) is 10.2 Å². The molecule has 0 aromatic heterocycles. The first-order valence-electron chi connectivity index (χ1n) is 7.38. The van der Waals surface area contributed by atoms with Gasteiger partial charge in [-0.05, 0) is 58.0 Å². The fourth-order valence-electron chi connectivity index (χ4n) is 2.77. The van der Waals surface area contributed by atoms with Crippen molar-refractivity contribution in [3.05, 3.63) is 0 Å². The van der Waals surface area contributed by atoms with Gasteiger partial charge in [-0.1, -0.05) is 0 Å². The smallest absolute Gasteiger partial charge is 0.251 e. The summed E-state index contributed by atoms with van der Waals surface area (Å²) in [5.41, 5.74) is 0. The summed E-state index contributed by atoms with van der Waals surface area (Å²) < 4.78 is 5.78. The van der Waals surface area contributed by atoms with E-state index < -0.39 is 0 Å². The van der Waals surface area contributed by atoms with Gasteiger partial charge in [0.15, 0.2) is 0 Å². The second-order valence-corrected chi connectivity index (χ2v) is 5.55. The number of ether oxygens (including phenoxy) is 1. The number of piperidine rings is 2. The molecule has 2 fully saturated rings. The van der Waals surface area contributed by atoms with E-state index in [0.29, 0.717) is 5.92 Å². The first-order valence-corrected chi connectivity index (χ1v) is 7.38. The predicted octanol–water partition coefficient (Wildman–Crippen LogP) is 1.40. The number of rotatable bonds is 4. The van der Waals surface area contributed by atoms with E-state index in [1.165, 1.54) is 19.3 Å². The average molecular weight is 254 g/mol. The van der Waals surface area contributed by atoms with Crippen LogP contribution in [-0.4, -0.2) is 49.7 Å². The van der Waals surface area contributed by atoms with Crippen LogP contribution in [0.25, 0.3) is 0 Å². The van der Waals surface area contributed by atoms with Crippen molar-refractivity contribution in [3.8, 4) is 0 Å². The van der Waals surface area contributed by atoms with E-state index in [4.69, 9.17) is 4.74 Å². The molecular formula is C14H26N2O2. The molecule has 104 valence electrons. The van der Waals surface area contributed by atoms with Gasteiger partial charge in [-0.3, -0.25) is 4.79 Å². The number of likely N-dealkylation sites (tertiary alicyclic amines) is 1. The van der Waals surface area contributed by atoms with Gasteiger partial charge in [0, 0.05) is 13.1 Å². The highest BCUT2D eigenvalue weighted by molar-refractivity contribution is 5.80. The maximum atomic E-state index is 12.2. The van der Waals surface area contributed by atoms with E-state index in [9.17, 15) is 4.79 Å². The van der Waals surface area contributed by atoms with Crippen molar-refractivity contribution >= 4 is 5.91 Å². The predicted molar refractivity (Wildman–Crippen MR) is 71.4 cm³/mol. The summed E-state index contributed by atoms with van der Waals surface area (Å²) in [7, 11) is 0. The maximum Gasteiger partial charge on any atom is 0.251 e. The Balaban J connectivity index is 1.69. The molecule has 18 heavy (non-hydrogen) atoms. The minimum absolute atomic E-state index is 0.184. The first kappa shape index (κ1) is 13.8. The Morgan fingerprint density at radius 1 is 1.28 bits per heavy atom. The minimum atomic E-state index is -0.266. The van der Waals surface area contributed by atoms with Gasteiger partial charge >= 0.3 is 0 Å². The van der Waals surface area contributed by atoms with Crippen LogP contribution in [-0.2, 0) is 9.53 Å². The van der Waals surface area contributed by atoms with Crippen molar-refractivity contribution in [3.63, 3.8) is 0 Å². The van der Waals surface area contributed by atoms with Crippen LogP contribution in [0.15, 0.2) is 0 Å². The molecule has 0 spiro atoms. The third kappa shape index (κ3) is 3.95. The Morgan fingerprint density at radius 2 is 1.94 bits per heavy atom. The van der Waals surface area contributed by atoms with Crippen LogP contribution in [0, 0.1) is 5.92 Å². The van der Waals surface area contributed by atoms with Gasteiger partial charge in [0.1, 0.15) is 6.10 Å². The number of carbonyl (C=O) groups is 1. The van der Waals surface area contributed by atoms with Crippen LogP contribution in [0.5, 0.6) is 0 Å². The highest BCUT2D eigenvalue weighted by Crippen LogP contribution is 2.15. The molecule has 1 N–H and O–H groups in total. The molecule has 0 bridgehead atoms. The van der Waals surface area contributed by atoms with Gasteiger partial charge in [-0.25, -0.2) is 0 Å². The van der Waals surface area contributed by atoms with Gasteiger partial charge in [-0.15, -0.1) is 0 Å². The molecule has 1 unspecified atom stereocenters. The largest absolute Gasteiger partial charge is 0.368 e. The molecule has 2 saturated heterocycles. The van der Waals surface area contributed by atoms with Gasteiger partial charge in [0.2, 0.25) is 0 Å². The molecule has 4 nitrogen and oxygen atoms in total. The lowest BCUT2D eigenvalue weighted by Gasteiger charge is -2.30. The Labute approximate surface area is 110 Å². The molecule has 2 aliphatic heterocycles. The van der Waals surface area contributed by atoms with Crippen molar-refractivity contribution in [1.29, 1.82) is 0 Å². The van der Waals surface area contributed by atoms with Crippen molar-refractivity contribution in [2.24, 2.45) is 5.92 Å². The van der Waals surface area contributed by atoms with Crippen LogP contribution < -0.4 is 5.32 Å². The topological polar surface area (TPSA) is 41.6 Å². The van der Waals surface area contributed by atoms with Gasteiger partial charge in [-0.2, -0.15) is 0 Å². The maximum absolute atomic E-state index is 12.2. The second kappa shape index (κ2) is 7.10. The van der Waals surface area contributed by atoms with Crippen molar-refractivity contribution in [2.45, 2.75) is 45.1 Å². The molecular weight excluding hydrogens is 228 g/mol. The van der Waals surface area contributed by atoms with E-state index in [-0.39, 0.29) is 12.0 Å². The highest BCUT2D eigenvalue weighted by Gasteiger charge is 2.23. The van der Waals surface area contributed by atoms with Gasteiger partial charge < -0.3 is 15.0 Å². The monoisotopic (exact) mass is 254 g/mol. The number of nitrogens with zero attached hydrogens (tertiary/aromatic N) is 1.